The molecule has 2 aromatic heterocycles. The van der Waals surface area contributed by atoms with Crippen LogP contribution in [-0.2, 0) is 22.6 Å². The molecule has 1 aliphatic heterocycles. The Kier molecular flexibility index (Phi) is 7.75. The van der Waals surface area contributed by atoms with E-state index >= 15 is 0 Å². The van der Waals surface area contributed by atoms with E-state index in [-0.39, 0.29) is 12.0 Å². The minimum absolute atomic E-state index is 0.0525. The molecule has 9 nitrogen and oxygen atoms in total. The van der Waals surface area contributed by atoms with Gasteiger partial charge in [-0.3, -0.25) is 9.48 Å². The van der Waals surface area contributed by atoms with Crippen LogP contribution in [0.25, 0.3) is 10.9 Å². The Balaban J connectivity index is 1.66. The first-order chi connectivity index (χ1) is 16.9. The molecule has 1 fully saturated rings. The smallest absolute Gasteiger partial charge is 0.224 e. The van der Waals surface area contributed by atoms with E-state index in [1.165, 1.54) is 0 Å². The van der Waals surface area contributed by atoms with Gasteiger partial charge in [-0.15, -0.1) is 0 Å². The van der Waals surface area contributed by atoms with Crippen LogP contribution in [-0.4, -0.2) is 73.1 Å². The number of aryl methyl sites for hydroxylation is 2. The van der Waals surface area contributed by atoms with Crippen molar-refractivity contribution in [1.82, 2.24) is 19.7 Å². The second kappa shape index (κ2) is 10.9. The van der Waals surface area contributed by atoms with Gasteiger partial charge in [0, 0.05) is 63.9 Å². The van der Waals surface area contributed by atoms with E-state index in [4.69, 9.17) is 19.2 Å². The van der Waals surface area contributed by atoms with Gasteiger partial charge in [0.15, 0.2) is 0 Å². The monoisotopic (exact) mass is 481 g/mol. The zero-order chi connectivity index (χ0) is 24.9. The van der Waals surface area contributed by atoms with Gasteiger partial charge in [0.25, 0.3) is 0 Å². The van der Waals surface area contributed by atoms with Gasteiger partial charge in [-0.25, -0.2) is 4.98 Å². The molecule has 1 amide bonds. The van der Waals surface area contributed by atoms with Gasteiger partial charge >= 0.3 is 0 Å². The molecule has 9 heteroatoms. The van der Waals surface area contributed by atoms with E-state index < -0.39 is 0 Å². The fraction of sp³-hybridized carbons (Fsp3) is 0.500. The predicted octanol–water partition coefficient (Wildman–Crippen LogP) is 3.42. The van der Waals surface area contributed by atoms with E-state index in [9.17, 15) is 4.79 Å². The summed E-state index contributed by atoms with van der Waals surface area (Å²) in [6.45, 7) is 4.21. The highest BCUT2D eigenvalue weighted by atomic mass is 16.5. The summed E-state index contributed by atoms with van der Waals surface area (Å²) in [6.07, 6.45) is 4.31. The number of nitrogens with zero attached hydrogens (tertiary/aromatic N) is 5. The number of rotatable bonds is 10. The molecule has 1 aromatic carbocycles. The first kappa shape index (κ1) is 24.8. The predicted molar refractivity (Wildman–Crippen MR) is 135 cm³/mol. The van der Waals surface area contributed by atoms with Crippen LogP contribution in [0.5, 0.6) is 11.5 Å². The summed E-state index contributed by atoms with van der Waals surface area (Å²) in [6, 6.07) is 7.74. The maximum atomic E-state index is 13.4. The number of benzene rings is 1. The molecule has 0 radical (unpaired) electrons. The van der Waals surface area contributed by atoms with Crippen LogP contribution in [0, 0.1) is 6.92 Å². The summed E-state index contributed by atoms with van der Waals surface area (Å²) >= 11 is 0. The van der Waals surface area contributed by atoms with Crippen LogP contribution in [0.4, 0.5) is 5.82 Å². The Morgan fingerprint density at radius 1 is 1.20 bits per heavy atom. The van der Waals surface area contributed by atoms with Crippen LogP contribution < -0.4 is 14.4 Å². The molecule has 188 valence electrons. The summed E-state index contributed by atoms with van der Waals surface area (Å²) in [5.41, 5.74) is 2.61. The molecule has 1 unspecified atom stereocenters. The fourth-order valence-electron chi connectivity index (χ4n) is 4.54. The van der Waals surface area contributed by atoms with E-state index in [0.29, 0.717) is 37.6 Å². The largest absolute Gasteiger partial charge is 0.496 e. The summed E-state index contributed by atoms with van der Waals surface area (Å²) in [7, 11) is 7.19. The van der Waals surface area contributed by atoms with Crippen LogP contribution in [0.3, 0.4) is 0 Å². The van der Waals surface area contributed by atoms with Gasteiger partial charge in [0.05, 0.1) is 26.0 Å². The number of anilines is 1. The third-order valence-corrected chi connectivity index (χ3v) is 6.32. The minimum atomic E-state index is 0.0525. The van der Waals surface area contributed by atoms with Crippen molar-refractivity contribution < 1.29 is 19.0 Å². The van der Waals surface area contributed by atoms with Crippen molar-refractivity contribution in [2.45, 2.75) is 45.4 Å². The number of carbonyl (C=O) groups excluding carboxylic acids is 1. The zero-order valence-electron chi connectivity index (χ0n) is 21.3. The number of hydrogen-bond acceptors (Lipinski definition) is 7. The number of amides is 1. The van der Waals surface area contributed by atoms with Gasteiger partial charge in [0.2, 0.25) is 5.91 Å². The molecular formula is C26H35N5O4. The van der Waals surface area contributed by atoms with Crippen molar-refractivity contribution >= 4 is 22.6 Å². The molecular weight excluding hydrogens is 446 g/mol. The van der Waals surface area contributed by atoms with Crippen LogP contribution in [0.2, 0.25) is 0 Å². The summed E-state index contributed by atoms with van der Waals surface area (Å²) in [5.74, 6) is 2.25. The number of carbonyl (C=O) groups is 1. The Morgan fingerprint density at radius 2 is 1.97 bits per heavy atom. The van der Waals surface area contributed by atoms with E-state index in [2.05, 4.69) is 11.2 Å². The molecule has 0 saturated carbocycles. The van der Waals surface area contributed by atoms with Gasteiger partial charge in [-0.2, -0.15) is 5.10 Å². The summed E-state index contributed by atoms with van der Waals surface area (Å²) < 4.78 is 18.9. The molecule has 0 N–H and O–H groups in total. The first-order valence-electron chi connectivity index (χ1n) is 12.0. The van der Waals surface area contributed by atoms with E-state index in [1.807, 2.05) is 59.9 Å². The molecule has 4 rings (SSSR count). The molecule has 3 aromatic rings. The number of aromatic nitrogens is 3. The highest BCUT2D eigenvalue weighted by molar-refractivity contribution is 5.92. The van der Waals surface area contributed by atoms with Crippen LogP contribution >= 0.6 is 0 Å². The second-order valence-electron chi connectivity index (χ2n) is 9.11. The lowest BCUT2D eigenvalue weighted by Crippen LogP contribution is -2.37. The van der Waals surface area contributed by atoms with Gasteiger partial charge in [-0.1, -0.05) is 0 Å². The van der Waals surface area contributed by atoms with Crippen molar-refractivity contribution in [3.05, 3.63) is 41.7 Å². The normalized spacial score (nSPS) is 15.4. The Hall–Kier alpha value is -3.33. The average Bonchev–Trinajstić information content (AvgIpc) is 3.52. The van der Waals surface area contributed by atoms with Crippen molar-refractivity contribution in [1.29, 1.82) is 0 Å². The summed E-state index contributed by atoms with van der Waals surface area (Å²) in [5, 5.41) is 5.27. The lowest BCUT2D eigenvalue weighted by molar-refractivity contribution is -0.133. The maximum absolute atomic E-state index is 13.4. The standard InChI is InChI=1S/C26H35N5O4/c1-18-10-12-31(28-18)13-11-24(32)30(17-20-7-6-14-35-20)16-19-15-21-22(33-4)8-9-23(34-5)25(21)27-26(19)29(2)3/h8-10,12,15,20H,6-7,11,13-14,16-17H2,1-5H3. The summed E-state index contributed by atoms with van der Waals surface area (Å²) in [4.78, 5) is 22.2. The number of methoxy groups -OCH3 is 2. The van der Waals surface area contributed by atoms with Crippen molar-refractivity contribution in [2.75, 3.05) is 46.4 Å². The highest BCUT2D eigenvalue weighted by Gasteiger charge is 2.25. The number of fused-ring (bicyclic) bond motifs is 1. The SMILES string of the molecule is COc1ccc(OC)c2nc(N(C)C)c(CN(CC3CCCO3)C(=O)CCn3ccc(C)n3)cc12. The van der Waals surface area contributed by atoms with Crippen molar-refractivity contribution in [3.8, 4) is 11.5 Å². The number of pyridine rings is 1. The topological polar surface area (TPSA) is 82.0 Å². The fourth-order valence-corrected chi connectivity index (χ4v) is 4.54. The van der Waals surface area contributed by atoms with Gasteiger partial charge in [-0.05, 0) is 44.0 Å². The second-order valence-corrected chi connectivity index (χ2v) is 9.11. The quantitative estimate of drug-likeness (QED) is 0.439. The molecule has 1 atom stereocenters. The number of ether oxygens (including phenoxy) is 3. The molecule has 1 aliphatic rings. The highest BCUT2D eigenvalue weighted by Crippen LogP contribution is 2.35. The number of hydrogen-bond donors (Lipinski definition) is 0. The minimum Gasteiger partial charge on any atom is -0.496 e. The van der Waals surface area contributed by atoms with Crippen LogP contribution in [0.1, 0.15) is 30.5 Å². The molecule has 0 aliphatic carbocycles. The Morgan fingerprint density at radius 3 is 2.60 bits per heavy atom. The van der Waals surface area contributed by atoms with Crippen molar-refractivity contribution in [2.24, 2.45) is 0 Å². The average molecular weight is 482 g/mol. The molecule has 3 heterocycles. The molecule has 0 spiro atoms. The Labute approximate surface area is 206 Å². The van der Waals surface area contributed by atoms with E-state index in [0.717, 1.165) is 47.4 Å². The molecule has 1 saturated heterocycles. The molecule has 35 heavy (non-hydrogen) atoms. The Bertz CT molecular complexity index is 1170. The third-order valence-electron chi connectivity index (χ3n) is 6.32. The van der Waals surface area contributed by atoms with Gasteiger partial charge in [0.1, 0.15) is 22.8 Å². The third kappa shape index (κ3) is 5.67. The van der Waals surface area contributed by atoms with Crippen LogP contribution in [0.15, 0.2) is 30.5 Å². The molecule has 0 bridgehead atoms. The van der Waals surface area contributed by atoms with Crippen molar-refractivity contribution in [3.63, 3.8) is 0 Å². The lowest BCUT2D eigenvalue weighted by Gasteiger charge is -2.28. The zero-order valence-corrected chi connectivity index (χ0v) is 21.3. The maximum Gasteiger partial charge on any atom is 0.224 e. The van der Waals surface area contributed by atoms with Gasteiger partial charge < -0.3 is 24.0 Å². The lowest BCUT2D eigenvalue weighted by atomic mass is 10.1. The first-order valence-corrected chi connectivity index (χ1v) is 12.0. The van der Waals surface area contributed by atoms with E-state index in [1.54, 1.807) is 14.2 Å².